The van der Waals surface area contributed by atoms with Crippen LogP contribution >= 0.6 is 11.6 Å². The van der Waals surface area contributed by atoms with Crippen molar-refractivity contribution in [1.29, 1.82) is 0 Å². The number of amides is 1. The SMILES string of the molecule is COC(=O)c1ccc([C@@H]2c3c(oc4ccc(Cl)cc4c3=O)C(=O)N2Cc2ccc(OC)cc2)cc1. The molecular formula is C27H20ClNO6. The van der Waals surface area contributed by atoms with Gasteiger partial charge in [0, 0.05) is 11.6 Å². The second kappa shape index (κ2) is 8.92. The Kier molecular flexibility index (Phi) is 5.78. The van der Waals surface area contributed by atoms with Crippen molar-refractivity contribution < 1.29 is 23.5 Å². The number of fused-ring (bicyclic) bond motifs is 2. The lowest BCUT2D eigenvalue weighted by atomic mass is 9.97. The number of hydrogen-bond acceptors (Lipinski definition) is 6. The monoisotopic (exact) mass is 489 g/mol. The van der Waals surface area contributed by atoms with Crippen LogP contribution in [0.1, 0.15) is 43.6 Å². The van der Waals surface area contributed by atoms with Gasteiger partial charge < -0.3 is 18.8 Å². The maximum absolute atomic E-state index is 13.6. The second-order valence-electron chi connectivity index (χ2n) is 8.11. The quantitative estimate of drug-likeness (QED) is 0.367. The van der Waals surface area contributed by atoms with Gasteiger partial charge in [-0.2, -0.15) is 0 Å². The number of methoxy groups -OCH3 is 2. The summed E-state index contributed by atoms with van der Waals surface area (Å²) in [4.78, 5) is 40.7. The van der Waals surface area contributed by atoms with Gasteiger partial charge in [0.1, 0.15) is 11.3 Å². The normalized spacial score (nSPS) is 14.8. The van der Waals surface area contributed by atoms with E-state index in [0.29, 0.717) is 27.3 Å². The number of carbonyl (C=O) groups is 2. The number of nitrogens with zero attached hydrogens (tertiary/aromatic N) is 1. The molecule has 1 aliphatic heterocycles. The molecule has 1 atom stereocenters. The first-order valence-corrected chi connectivity index (χ1v) is 11.2. The van der Waals surface area contributed by atoms with Gasteiger partial charge in [-0.15, -0.1) is 0 Å². The van der Waals surface area contributed by atoms with Crippen LogP contribution in [0, 0.1) is 0 Å². The average molecular weight is 490 g/mol. The Bertz CT molecular complexity index is 1510. The molecule has 8 heteroatoms. The molecular weight excluding hydrogens is 470 g/mol. The van der Waals surface area contributed by atoms with Gasteiger partial charge in [-0.3, -0.25) is 9.59 Å². The fourth-order valence-corrected chi connectivity index (χ4v) is 4.52. The van der Waals surface area contributed by atoms with Crippen LogP contribution in [0.4, 0.5) is 0 Å². The highest BCUT2D eigenvalue weighted by Crippen LogP contribution is 2.39. The van der Waals surface area contributed by atoms with Gasteiger partial charge in [-0.25, -0.2) is 4.79 Å². The third kappa shape index (κ3) is 3.94. The van der Waals surface area contributed by atoms with E-state index in [1.54, 1.807) is 48.4 Å². The number of ether oxygens (including phenoxy) is 2. The van der Waals surface area contributed by atoms with Gasteiger partial charge in [0.05, 0.1) is 36.8 Å². The Hall–Kier alpha value is -4.10. The van der Waals surface area contributed by atoms with Crippen molar-refractivity contribution in [3.63, 3.8) is 0 Å². The van der Waals surface area contributed by atoms with E-state index in [4.69, 9.17) is 25.5 Å². The maximum Gasteiger partial charge on any atom is 0.337 e. The molecule has 0 unspecified atom stereocenters. The molecule has 0 bridgehead atoms. The lowest BCUT2D eigenvalue weighted by molar-refractivity contribution is 0.0599. The summed E-state index contributed by atoms with van der Waals surface area (Å²) in [7, 11) is 2.89. The van der Waals surface area contributed by atoms with E-state index >= 15 is 0 Å². The molecule has 0 saturated heterocycles. The average Bonchev–Trinajstić information content (AvgIpc) is 3.16. The van der Waals surface area contributed by atoms with E-state index in [2.05, 4.69) is 0 Å². The zero-order chi connectivity index (χ0) is 24.7. The molecule has 0 fully saturated rings. The molecule has 176 valence electrons. The molecule has 3 aromatic carbocycles. The van der Waals surface area contributed by atoms with Crippen molar-refractivity contribution >= 4 is 34.4 Å². The smallest absolute Gasteiger partial charge is 0.337 e. The van der Waals surface area contributed by atoms with E-state index in [9.17, 15) is 14.4 Å². The molecule has 0 N–H and O–H groups in total. The van der Waals surface area contributed by atoms with Gasteiger partial charge >= 0.3 is 5.97 Å². The number of esters is 1. The molecule has 0 radical (unpaired) electrons. The molecule has 2 heterocycles. The van der Waals surface area contributed by atoms with Crippen molar-refractivity contribution in [2.45, 2.75) is 12.6 Å². The van der Waals surface area contributed by atoms with E-state index in [1.165, 1.54) is 13.2 Å². The summed E-state index contributed by atoms with van der Waals surface area (Å²) < 4.78 is 16.0. The second-order valence-corrected chi connectivity index (χ2v) is 8.55. The van der Waals surface area contributed by atoms with Crippen molar-refractivity contribution in [3.8, 4) is 5.75 Å². The minimum Gasteiger partial charge on any atom is -0.497 e. The molecule has 7 nitrogen and oxygen atoms in total. The zero-order valence-electron chi connectivity index (χ0n) is 18.9. The Morgan fingerprint density at radius 1 is 1.00 bits per heavy atom. The number of halogens is 1. The van der Waals surface area contributed by atoms with Crippen LogP contribution in [0.5, 0.6) is 5.75 Å². The first-order chi connectivity index (χ1) is 16.9. The van der Waals surface area contributed by atoms with Gasteiger partial charge in [0.2, 0.25) is 5.76 Å². The van der Waals surface area contributed by atoms with Gasteiger partial charge in [-0.1, -0.05) is 35.9 Å². The van der Waals surface area contributed by atoms with E-state index < -0.39 is 17.9 Å². The minimum atomic E-state index is -0.717. The summed E-state index contributed by atoms with van der Waals surface area (Å²) in [5.74, 6) is -0.179. The molecule has 0 saturated carbocycles. The summed E-state index contributed by atoms with van der Waals surface area (Å²) in [6, 6.07) is 18.0. The Morgan fingerprint density at radius 3 is 2.37 bits per heavy atom. The summed E-state index contributed by atoms with van der Waals surface area (Å²) in [6.45, 7) is 0.229. The highest BCUT2D eigenvalue weighted by atomic mass is 35.5. The van der Waals surface area contributed by atoms with E-state index in [1.807, 2.05) is 24.3 Å². The first kappa shape index (κ1) is 22.7. The highest BCUT2D eigenvalue weighted by molar-refractivity contribution is 6.31. The van der Waals surface area contributed by atoms with Crippen LogP contribution in [-0.4, -0.2) is 31.0 Å². The lowest BCUT2D eigenvalue weighted by Crippen LogP contribution is -2.29. The Morgan fingerprint density at radius 2 is 1.71 bits per heavy atom. The van der Waals surface area contributed by atoms with Crippen LogP contribution < -0.4 is 10.2 Å². The van der Waals surface area contributed by atoms with Crippen LogP contribution in [0.25, 0.3) is 11.0 Å². The van der Waals surface area contributed by atoms with Crippen LogP contribution in [0.3, 0.4) is 0 Å². The van der Waals surface area contributed by atoms with E-state index in [-0.39, 0.29) is 28.9 Å². The Balaban J connectivity index is 1.66. The minimum absolute atomic E-state index is 0.000351. The van der Waals surface area contributed by atoms with Crippen molar-refractivity contribution in [1.82, 2.24) is 4.90 Å². The fourth-order valence-electron chi connectivity index (χ4n) is 4.35. The third-order valence-corrected chi connectivity index (χ3v) is 6.32. The zero-order valence-corrected chi connectivity index (χ0v) is 19.7. The molecule has 1 aromatic heterocycles. The van der Waals surface area contributed by atoms with Crippen molar-refractivity contribution in [2.75, 3.05) is 14.2 Å². The highest BCUT2D eigenvalue weighted by Gasteiger charge is 2.42. The summed E-state index contributed by atoms with van der Waals surface area (Å²) >= 11 is 6.13. The third-order valence-electron chi connectivity index (χ3n) is 6.09. The van der Waals surface area contributed by atoms with Crippen molar-refractivity contribution in [3.05, 3.63) is 110 Å². The van der Waals surface area contributed by atoms with E-state index in [0.717, 1.165) is 5.56 Å². The van der Waals surface area contributed by atoms with Crippen LogP contribution in [-0.2, 0) is 11.3 Å². The molecule has 1 amide bonds. The van der Waals surface area contributed by atoms with Crippen LogP contribution in [0.15, 0.2) is 75.9 Å². The fraction of sp³-hybridized carbons (Fsp3) is 0.148. The summed E-state index contributed by atoms with van der Waals surface area (Å²) in [5, 5.41) is 0.690. The predicted molar refractivity (Wildman–Crippen MR) is 130 cm³/mol. The largest absolute Gasteiger partial charge is 0.497 e. The number of hydrogen-bond donors (Lipinski definition) is 0. The number of carbonyl (C=O) groups excluding carboxylic acids is 2. The molecule has 35 heavy (non-hydrogen) atoms. The molecule has 4 aromatic rings. The summed E-state index contributed by atoms with van der Waals surface area (Å²) in [5.41, 5.74) is 2.08. The topological polar surface area (TPSA) is 86.0 Å². The number of benzene rings is 3. The van der Waals surface area contributed by atoms with Gasteiger partial charge in [-0.05, 0) is 53.6 Å². The number of rotatable bonds is 5. The van der Waals surface area contributed by atoms with Crippen molar-refractivity contribution in [2.24, 2.45) is 0 Å². The standard InChI is InChI=1S/C27H20ClNO6/c1-33-19-10-3-15(4-11-19)14-29-23(16-5-7-17(8-6-16)27(32)34-2)22-24(30)20-13-18(28)9-12-21(20)35-25(22)26(29)31/h3-13,23H,14H2,1-2H3/t23-/m1/s1. The lowest BCUT2D eigenvalue weighted by Gasteiger charge is -2.25. The van der Waals surface area contributed by atoms with Gasteiger partial charge in [0.25, 0.3) is 5.91 Å². The molecule has 1 aliphatic rings. The summed E-state index contributed by atoms with van der Waals surface area (Å²) in [6.07, 6.45) is 0. The Labute approximate surface area is 205 Å². The molecule has 0 aliphatic carbocycles. The van der Waals surface area contributed by atoms with Crippen LogP contribution in [0.2, 0.25) is 5.02 Å². The molecule has 0 spiro atoms. The maximum atomic E-state index is 13.6. The van der Waals surface area contributed by atoms with Gasteiger partial charge in [0.15, 0.2) is 5.43 Å². The first-order valence-electron chi connectivity index (χ1n) is 10.8. The predicted octanol–water partition coefficient (Wildman–Crippen LogP) is 4.99. The molecule has 5 rings (SSSR count).